The number of carbonyl (C=O) groups excluding carboxylic acids is 2. The first-order chi connectivity index (χ1) is 6.27. The van der Waals surface area contributed by atoms with E-state index >= 15 is 0 Å². The van der Waals surface area contributed by atoms with Gasteiger partial charge in [0.25, 0.3) is 0 Å². The highest BCUT2D eigenvalue weighted by atomic mass is 79.9. The van der Waals surface area contributed by atoms with Crippen molar-refractivity contribution in [1.29, 1.82) is 0 Å². The van der Waals surface area contributed by atoms with Crippen LogP contribution >= 0.6 is 15.9 Å². The maximum absolute atomic E-state index is 11.3. The van der Waals surface area contributed by atoms with E-state index in [0.717, 1.165) is 6.08 Å². The zero-order chi connectivity index (χ0) is 11.4. The molecule has 80 valence electrons. The van der Waals surface area contributed by atoms with Crippen LogP contribution in [0.5, 0.6) is 0 Å². The summed E-state index contributed by atoms with van der Waals surface area (Å²) in [5.41, 5.74) is 0. The summed E-state index contributed by atoms with van der Waals surface area (Å²) < 4.78 is 8.67. The maximum atomic E-state index is 11.3. The zero-order valence-corrected chi connectivity index (χ0v) is 9.96. The molecule has 0 heterocycles. The standard InChI is InChI=1S/C9H13BrO4/c1-5-7(11)13-6(2)14-8(12)9(3,4)10/h5-6H,1H2,2-4H3. The van der Waals surface area contributed by atoms with Crippen LogP contribution in [0.1, 0.15) is 20.8 Å². The number of esters is 2. The van der Waals surface area contributed by atoms with Crippen LogP contribution in [0.3, 0.4) is 0 Å². The third-order valence-corrected chi connectivity index (χ3v) is 1.53. The van der Waals surface area contributed by atoms with Gasteiger partial charge in [0.1, 0.15) is 4.32 Å². The molecule has 0 N–H and O–H groups in total. The van der Waals surface area contributed by atoms with Gasteiger partial charge in [-0.3, -0.25) is 4.79 Å². The Balaban J connectivity index is 4.07. The topological polar surface area (TPSA) is 52.6 Å². The molecule has 1 unspecified atom stereocenters. The molecule has 0 aliphatic heterocycles. The van der Waals surface area contributed by atoms with E-state index in [2.05, 4.69) is 27.2 Å². The van der Waals surface area contributed by atoms with Crippen molar-refractivity contribution >= 4 is 27.9 Å². The lowest BCUT2D eigenvalue weighted by Gasteiger charge is -2.18. The second-order valence-corrected chi connectivity index (χ2v) is 5.07. The third kappa shape index (κ3) is 5.01. The molecule has 4 nitrogen and oxygen atoms in total. The molecule has 0 saturated heterocycles. The fourth-order valence-corrected chi connectivity index (χ4v) is 0.620. The SMILES string of the molecule is C=CC(=O)OC(C)OC(=O)C(C)(C)Br. The van der Waals surface area contributed by atoms with Crippen LogP contribution in [0, 0.1) is 0 Å². The van der Waals surface area contributed by atoms with E-state index in [1.54, 1.807) is 13.8 Å². The molecule has 0 amide bonds. The summed E-state index contributed by atoms with van der Waals surface area (Å²) in [5.74, 6) is -1.13. The molecule has 0 radical (unpaired) electrons. The van der Waals surface area contributed by atoms with Gasteiger partial charge >= 0.3 is 11.9 Å². The Kier molecular flexibility index (Phi) is 4.83. The van der Waals surface area contributed by atoms with Gasteiger partial charge in [0.05, 0.1) is 0 Å². The second kappa shape index (κ2) is 5.14. The van der Waals surface area contributed by atoms with Gasteiger partial charge in [-0.1, -0.05) is 22.5 Å². The Labute approximate surface area is 91.4 Å². The van der Waals surface area contributed by atoms with Crippen LogP contribution in [-0.4, -0.2) is 22.6 Å². The van der Waals surface area contributed by atoms with Crippen LogP contribution in [0.15, 0.2) is 12.7 Å². The van der Waals surface area contributed by atoms with Gasteiger partial charge in [0.15, 0.2) is 0 Å². The number of alkyl halides is 1. The molecule has 0 spiro atoms. The summed E-state index contributed by atoms with van der Waals surface area (Å²) in [6.45, 7) is 7.95. The number of halogens is 1. The Morgan fingerprint density at radius 2 is 1.93 bits per heavy atom. The van der Waals surface area contributed by atoms with E-state index in [9.17, 15) is 9.59 Å². The highest BCUT2D eigenvalue weighted by Gasteiger charge is 2.27. The van der Waals surface area contributed by atoms with E-state index in [1.807, 2.05) is 0 Å². The first-order valence-electron chi connectivity index (χ1n) is 4.00. The van der Waals surface area contributed by atoms with Crippen molar-refractivity contribution in [1.82, 2.24) is 0 Å². The van der Waals surface area contributed by atoms with Crippen molar-refractivity contribution in [2.75, 3.05) is 0 Å². The minimum absolute atomic E-state index is 0.498. The average molecular weight is 265 g/mol. The normalized spacial score (nSPS) is 12.9. The summed E-state index contributed by atoms with van der Waals surface area (Å²) in [4.78, 5) is 22.0. The zero-order valence-electron chi connectivity index (χ0n) is 8.37. The van der Waals surface area contributed by atoms with E-state index in [1.165, 1.54) is 6.92 Å². The lowest BCUT2D eigenvalue weighted by atomic mass is 10.2. The lowest BCUT2D eigenvalue weighted by Crippen LogP contribution is -2.31. The number of rotatable bonds is 4. The summed E-state index contributed by atoms with van der Waals surface area (Å²) in [6.07, 6.45) is 0.0914. The molecule has 0 aliphatic carbocycles. The van der Waals surface area contributed by atoms with Gasteiger partial charge in [-0.15, -0.1) is 0 Å². The first-order valence-corrected chi connectivity index (χ1v) is 4.79. The molecule has 1 atom stereocenters. The van der Waals surface area contributed by atoms with Crippen LogP contribution in [0.2, 0.25) is 0 Å². The second-order valence-electron chi connectivity index (χ2n) is 3.09. The van der Waals surface area contributed by atoms with Crippen LogP contribution in [0.4, 0.5) is 0 Å². The molecule has 0 aliphatic rings. The predicted molar refractivity (Wildman–Crippen MR) is 54.8 cm³/mol. The smallest absolute Gasteiger partial charge is 0.333 e. The van der Waals surface area contributed by atoms with Crippen molar-refractivity contribution in [3.8, 4) is 0 Å². The summed E-state index contributed by atoms with van der Waals surface area (Å²) in [6, 6.07) is 0. The van der Waals surface area contributed by atoms with E-state index in [4.69, 9.17) is 4.74 Å². The fourth-order valence-electron chi connectivity index (χ4n) is 0.527. The Morgan fingerprint density at radius 1 is 1.43 bits per heavy atom. The molecular weight excluding hydrogens is 252 g/mol. The number of ether oxygens (including phenoxy) is 2. The van der Waals surface area contributed by atoms with E-state index in [0.29, 0.717) is 0 Å². The summed E-state index contributed by atoms with van der Waals surface area (Å²) >= 11 is 3.12. The van der Waals surface area contributed by atoms with Crippen LogP contribution < -0.4 is 0 Å². The first kappa shape index (κ1) is 13.2. The Hall–Kier alpha value is -0.840. The minimum atomic E-state index is -0.912. The van der Waals surface area contributed by atoms with Crippen molar-refractivity contribution in [2.45, 2.75) is 31.4 Å². The van der Waals surface area contributed by atoms with Crippen molar-refractivity contribution in [3.63, 3.8) is 0 Å². The van der Waals surface area contributed by atoms with Crippen molar-refractivity contribution in [2.24, 2.45) is 0 Å². The maximum Gasteiger partial charge on any atom is 0.333 e. The Bertz CT molecular complexity index is 242. The average Bonchev–Trinajstić information content (AvgIpc) is 2.02. The quantitative estimate of drug-likeness (QED) is 0.336. The summed E-state index contributed by atoms with van der Waals surface area (Å²) in [5, 5.41) is 0. The molecule has 0 aromatic heterocycles. The highest BCUT2D eigenvalue weighted by Crippen LogP contribution is 2.18. The lowest BCUT2D eigenvalue weighted by molar-refractivity contribution is -0.182. The van der Waals surface area contributed by atoms with Gasteiger partial charge in [-0.25, -0.2) is 4.79 Å². The third-order valence-electron chi connectivity index (χ3n) is 1.21. The van der Waals surface area contributed by atoms with E-state index in [-0.39, 0.29) is 0 Å². The molecule has 0 saturated carbocycles. The Morgan fingerprint density at radius 3 is 2.29 bits per heavy atom. The predicted octanol–water partition coefficient (Wildman–Crippen LogP) is 1.78. The van der Waals surface area contributed by atoms with Gasteiger partial charge in [0.2, 0.25) is 6.29 Å². The molecule has 0 fully saturated rings. The number of carbonyl (C=O) groups is 2. The molecule has 14 heavy (non-hydrogen) atoms. The minimum Gasteiger partial charge on any atom is -0.424 e. The molecule has 0 bridgehead atoms. The highest BCUT2D eigenvalue weighted by molar-refractivity contribution is 9.10. The van der Waals surface area contributed by atoms with E-state index < -0.39 is 22.6 Å². The van der Waals surface area contributed by atoms with Crippen LogP contribution in [0.25, 0.3) is 0 Å². The number of hydrogen-bond donors (Lipinski definition) is 0. The van der Waals surface area contributed by atoms with Gasteiger partial charge in [-0.05, 0) is 13.8 Å². The van der Waals surface area contributed by atoms with Crippen LogP contribution in [-0.2, 0) is 19.1 Å². The molecule has 0 aromatic rings. The van der Waals surface area contributed by atoms with Crippen molar-refractivity contribution in [3.05, 3.63) is 12.7 Å². The summed E-state index contributed by atoms with van der Waals surface area (Å²) in [7, 11) is 0. The van der Waals surface area contributed by atoms with Gasteiger partial charge in [-0.2, -0.15) is 0 Å². The monoisotopic (exact) mass is 264 g/mol. The largest absolute Gasteiger partial charge is 0.424 e. The van der Waals surface area contributed by atoms with Gasteiger partial charge < -0.3 is 9.47 Å². The van der Waals surface area contributed by atoms with Gasteiger partial charge in [0, 0.05) is 13.0 Å². The molecule has 5 heteroatoms. The fraction of sp³-hybridized carbons (Fsp3) is 0.556. The number of hydrogen-bond acceptors (Lipinski definition) is 4. The molecule has 0 rings (SSSR count). The molecular formula is C9H13BrO4. The molecule has 0 aromatic carbocycles. The van der Waals surface area contributed by atoms with Crippen molar-refractivity contribution < 1.29 is 19.1 Å².